The highest BCUT2D eigenvalue weighted by Gasteiger charge is 2.39. The summed E-state index contributed by atoms with van der Waals surface area (Å²) in [4.78, 5) is 4.48. The van der Waals surface area contributed by atoms with E-state index < -0.39 is 0 Å². The smallest absolute Gasteiger partial charge is 0.0569 e. The highest BCUT2D eigenvalue weighted by atomic mass is 16.5. The first kappa shape index (κ1) is 9.96. The van der Waals surface area contributed by atoms with Crippen LogP contribution in [0.15, 0.2) is 0 Å². The minimum Gasteiger partial charge on any atom is -0.380 e. The summed E-state index contributed by atoms with van der Waals surface area (Å²) in [6.45, 7) is 4.10. The van der Waals surface area contributed by atoms with Crippen LogP contribution in [0.3, 0.4) is 0 Å². The summed E-state index contributed by atoms with van der Waals surface area (Å²) in [5, 5.41) is 0. The maximum atomic E-state index is 5.29. The van der Waals surface area contributed by atoms with Crippen LogP contribution in [0.4, 0.5) is 0 Å². The number of nitrogens with zero attached hydrogens (tertiary/aromatic N) is 2. The van der Waals surface area contributed by atoms with Crippen molar-refractivity contribution in [1.82, 2.24) is 9.80 Å². The molecule has 0 aliphatic carbocycles. The van der Waals surface area contributed by atoms with E-state index in [9.17, 15) is 0 Å². The van der Waals surface area contributed by atoms with Crippen molar-refractivity contribution in [3.8, 4) is 0 Å². The third-order valence-electron chi connectivity index (χ3n) is 2.12. The fraction of sp³-hybridized carbons (Fsp3) is 1.00. The van der Waals surface area contributed by atoms with Gasteiger partial charge in [0.05, 0.1) is 13.2 Å². The molecule has 3 heteroatoms. The van der Waals surface area contributed by atoms with Crippen LogP contribution in [0.25, 0.3) is 0 Å². The van der Waals surface area contributed by atoms with Crippen molar-refractivity contribution < 1.29 is 4.74 Å². The molecule has 1 saturated heterocycles. The van der Waals surface area contributed by atoms with Crippen LogP contribution in [0.2, 0.25) is 0 Å². The molecule has 0 atom stereocenters. The molecule has 0 aromatic heterocycles. The molecule has 1 aliphatic rings. The van der Waals surface area contributed by atoms with Crippen LogP contribution >= 0.6 is 0 Å². The molecule has 0 spiro atoms. The molecule has 0 bridgehead atoms. The normalized spacial score (nSPS) is 21.5. The van der Waals surface area contributed by atoms with Gasteiger partial charge in [-0.2, -0.15) is 0 Å². The van der Waals surface area contributed by atoms with Gasteiger partial charge >= 0.3 is 0 Å². The van der Waals surface area contributed by atoms with Gasteiger partial charge in [-0.3, -0.25) is 0 Å². The summed E-state index contributed by atoms with van der Waals surface area (Å²) in [7, 11) is 8.48. The van der Waals surface area contributed by atoms with E-state index in [4.69, 9.17) is 4.74 Å². The van der Waals surface area contributed by atoms with Gasteiger partial charge in [-0.15, -0.1) is 0 Å². The van der Waals surface area contributed by atoms with Gasteiger partial charge in [0.1, 0.15) is 0 Å². The van der Waals surface area contributed by atoms with E-state index in [0.717, 1.165) is 26.3 Å². The molecule has 0 amide bonds. The third-order valence-corrected chi connectivity index (χ3v) is 2.12. The second-order valence-corrected chi connectivity index (χ2v) is 4.47. The Bertz CT molecular complexity index is 129. The number of ether oxygens (including phenoxy) is 1. The van der Waals surface area contributed by atoms with Gasteiger partial charge in [0.2, 0.25) is 0 Å². The SMILES string of the molecule is CN(C)CC1(CN(C)C)COC1. The second-order valence-electron chi connectivity index (χ2n) is 4.47. The van der Waals surface area contributed by atoms with Crippen LogP contribution in [-0.2, 0) is 4.74 Å². The zero-order chi connectivity index (χ0) is 9.19. The highest BCUT2D eigenvalue weighted by Crippen LogP contribution is 2.28. The van der Waals surface area contributed by atoms with Gasteiger partial charge in [-0.1, -0.05) is 0 Å². The topological polar surface area (TPSA) is 15.7 Å². The van der Waals surface area contributed by atoms with Gasteiger partial charge in [0.15, 0.2) is 0 Å². The fourth-order valence-corrected chi connectivity index (χ4v) is 1.96. The maximum absolute atomic E-state index is 5.29. The summed E-state index contributed by atoms with van der Waals surface area (Å²) < 4.78 is 5.29. The predicted molar refractivity (Wildman–Crippen MR) is 50.4 cm³/mol. The third kappa shape index (κ3) is 2.44. The lowest BCUT2D eigenvalue weighted by molar-refractivity contribution is -0.130. The lowest BCUT2D eigenvalue weighted by Gasteiger charge is -2.44. The van der Waals surface area contributed by atoms with Gasteiger partial charge in [0.25, 0.3) is 0 Å². The van der Waals surface area contributed by atoms with E-state index in [0.29, 0.717) is 5.41 Å². The first-order chi connectivity index (χ1) is 5.54. The average Bonchev–Trinajstić information content (AvgIpc) is 1.80. The van der Waals surface area contributed by atoms with E-state index in [1.807, 2.05) is 0 Å². The second kappa shape index (κ2) is 3.73. The van der Waals surface area contributed by atoms with Crippen LogP contribution in [-0.4, -0.2) is 64.3 Å². The van der Waals surface area contributed by atoms with E-state index in [2.05, 4.69) is 38.0 Å². The molecule has 1 fully saturated rings. The quantitative estimate of drug-likeness (QED) is 0.599. The molecule has 3 nitrogen and oxygen atoms in total. The van der Waals surface area contributed by atoms with Gasteiger partial charge in [-0.25, -0.2) is 0 Å². The standard InChI is InChI=1S/C9H20N2O/c1-10(2)5-9(6-11(3)4)7-12-8-9/h5-8H2,1-4H3. The molecule has 0 aromatic rings. The molecule has 0 aromatic carbocycles. The van der Waals surface area contributed by atoms with Crippen molar-refractivity contribution in [2.75, 3.05) is 54.5 Å². The Morgan fingerprint density at radius 1 is 1.00 bits per heavy atom. The Hall–Kier alpha value is -0.120. The molecule has 1 aliphatic heterocycles. The van der Waals surface area contributed by atoms with Crippen LogP contribution in [0.5, 0.6) is 0 Å². The molecular weight excluding hydrogens is 152 g/mol. The first-order valence-corrected chi connectivity index (χ1v) is 4.41. The summed E-state index contributed by atoms with van der Waals surface area (Å²) in [6, 6.07) is 0. The van der Waals surface area contributed by atoms with Crippen molar-refractivity contribution in [3.05, 3.63) is 0 Å². The van der Waals surface area contributed by atoms with E-state index in [1.54, 1.807) is 0 Å². The van der Waals surface area contributed by atoms with Crippen LogP contribution < -0.4 is 0 Å². The molecule has 1 rings (SSSR count). The number of rotatable bonds is 4. The molecule has 1 heterocycles. The van der Waals surface area contributed by atoms with Crippen molar-refractivity contribution in [2.24, 2.45) is 5.41 Å². The summed E-state index contributed by atoms with van der Waals surface area (Å²) in [5.41, 5.74) is 0.396. The minimum absolute atomic E-state index is 0.396. The Kier molecular flexibility index (Phi) is 3.09. The Labute approximate surface area is 75.3 Å². The first-order valence-electron chi connectivity index (χ1n) is 4.41. The summed E-state index contributed by atoms with van der Waals surface area (Å²) >= 11 is 0. The van der Waals surface area contributed by atoms with Crippen molar-refractivity contribution in [2.45, 2.75) is 0 Å². The van der Waals surface area contributed by atoms with Crippen LogP contribution in [0.1, 0.15) is 0 Å². The number of hydrogen-bond donors (Lipinski definition) is 0. The molecule has 0 N–H and O–H groups in total. The molecular formula is C9H20N2O. The molecule has 0 unspecified atom stereocenters. The molecule has 72 valence electrons. The zero-order valence-corrected chi connectivity index (χ0v) is 8.63. The monoisotopic (exact) mass is 172 g/mol. The molecule has 0 saturated carbocycles. The van der Waals surface area contributed by atoms with E-state index in [1.165, 1.54) is 0 Å². The Morgan fingerprint density at radius 2 is 1.42 bits per heavy atom. The van der Waals surface area contributed by atoms with Gasteiger partial charge in [0, 0.05) is 18.5 Å². The summed E-state index contributed by atoms with van der Waals surface area (Å²) in [6.07, 6.45) is 0. The Morgan fingerprint density at radius 3 is 1.58 bits per heavy atom. The van der Waals surface area contributed by atoms with Gasteiger partial charge in [-0.05, 0) is 28.2 Å². The van der Waals surface area contributed by atoms with Crippen molar-refractivity contribution in [3.63, 3.8) is 0 Å². The van der Waals surface area contributed by atoms with Crippen LogP contribution in [0, 0.1) is 5.41 Å². The van der Waals surface area contributed by atoms with Crippen molar-refractivity contribution in [1.29, 1.82) is 0 Å². The largest absolute Gasteiger partial charge is 0.380 e. The molecule has 12 heavy (non-hydrogen) atoms. The maximum Gasteiger partial charge on any atom is 0.0569 e. The lowest BCUT2D eigenvalue weighted by atomic mass is 9.85. The van der Waals surface area contributed by atoms with Gasteiger partial charge < -0.3 is 14.5 Å². The Balaban J connectivity index is 2.39. The summed E-state index contributed by atoms with van der Waals surface area (Å²) in [5.74, 6) is 0. The number of hydrogen-bond acceptors (Lipinski definition) is 3. The lowest BCUT2D eigenvalue weighted by Crippen LogP contribution is -2.54. The predicted octanol–water partition coefficient (Wildman–Crippen LogP) is 0.126. The van der Waals surface area contributed by atoms with E-state index >= 15 is 0 Å². The fourth-order valence-electron chi connectivity index (χ4n) is 1.96. The zero-order valence-electron chi connectivity index (χ0n) is 8.63. The average molecular weight is 172 g/mol. The highest BCUT2D eigenvalue weighted by molar-refractivity contribution is 4.89. The van der Waals surface area contributed by atoms with E-state index in [-0.39, 0.29) is 0 Å². The minimum atomic E-state index is 0.396. The molecule has 0 radical (unpaired) electrons. The van der Waals surface area contributed by atoms with Crippen molar-refractivity contribution >= 4 is 0 Å².